The van der Waals surface area contributed by atoms with Gasteiger partial charge in [0.25, 0.3) is 5.91 Å². The molecule has 0 aliphatic carbocycles. The van der Waals surface area contributed by atoms with E-state index < -0.39 is 11.7 Å². The predicted octanol–water partition coefficient (Wildman–Crippen LogP) is 5.85. The first-order valence-electron chi connectivity index (χ1n) is 12.6. The highest BCUT2D eigenvalue weighted by atomic mass is 16.5. The van der Waals surface area contributed by atoms with Crippen molar-refractivity contribution in [1.82, 2.24) is 21.6 Å². The molecule has 226 valence electrons. The van der Waals surface area contributed by atoms with Gasteiger partial charge in [-0.25, -0.2) is 4.79 Å². The fraction of sp³-hybridized carbons (Fsp3) is 0.517. The van der Waals surface area contributed by atoms with Gasteiger partial charge in [0, 0.05) is 14.1 Å². The maximum atomic E-state index is 11.4. The lowest BCUT2D eigenvalue weighted by Gasteiger charge is -2.28. The minimum absolute atomic E-state index is 0.0758. The second kappa shape index (κ2) is 26.3. The molecule has 0 aliphatic heterocycles. The Balaban J connectivity index is -0.000000220. The standard InChI is InChI=1S/C11H23NO2.2C8H13NO.C2H5NO2/c1-8(2)7-9(3)14-11(4,5)10(13)12-6;2*1-4-6-7(3)8(5-2)9-10;1-3-2(4)5/h8-9H,7H2,1-6H3,(H,12,13);2*4-6,9-10H,1H2,2-3H3;3H,1H3,(H,4,5)/b;2*7-6-,8-5+;. The average Bonchev–Trinajstić information content (AvgIpc) is 2.85. The molecule has 0 radical (unpaired) electrons. The molecule has 0 aromatic heterocycles. The van der Waals surface area contributed by atoms with Crippen molar-refractivity contribution in [2.75, 3.05) is 14.1 Å². The Bertz CT molecular complexity index is 788. The van der Waals surface area contributed by atoms with Gasteiger partial charge in [-0.3, -0.25) is 26.2 Å². The number of allylic oxidation sites excluding steroid dienone is 8. The summed E-state index contributed by atoms with van der Waals surface area (Å²) >= 11 is 0. The van der Waals surface area contributed by atoms with Crippen molar-refractivity contribution in [2.24, 2.45) is 5.92 Å². The number of nitrogens with one attached hydrogen (secondary N) is 4. The molecule has 0 aliphatic rings. The van der Waals surface area contributed by atoms with E-state index in [1.165, 1.54) is 7.05 Å². The van der Waals surface area contributed by atoms with E-state index in [0.717, 1.165) is 17.6 Å². The molecule has 0 saturated heterocycles. The first kappa shape index (κ1) is 42.7. The van der Waals surface area contributed by atoms with Crippen LogP contribution in [-0.2, 0) is 9.53 Å². The fourth-order valence-electron chi connectivity index (χ4n) is 2.86. The maximum Gasteiger partial charge on any atom is 0.404 e. The Hall–Kier alpha value is -3.34. The lowest BCUT2D eigenvalue weighted by molar-refractivity contribution is -0.149. The van der Waals surface area contributed by atoms with E-state index in [9.17, 15) is 9.59 Å². The van der Waals surface area contributed by atoms with Gasteiger partial charge in [0.05, 0.1) is 17.5 Å². The van der Waals surface area contributed by atoms with Gasteiger partial charge in [-0.15, -0.1) is 0 Å². The summed E-state index contributed by atoms with van der Waals surface area (Å²) in [6.07, 6.45) is 10.7. The highest BCUT2D eigenvalue weighted by molar-refractivity contribution is 5.83. The van der Waals surface area contributed by atoms with E-state index in [4.69, 9.17) is 20.3 Å². The summed E-state index contributed by atoms with van der Waals surface area (Å²) in [4.78, 5) is 20.7. The van der Waals surface area contributed by atoms with Crippen LogP contribution in [0.25, 0.3) is 0 Å². The third-order valence-electron chi connectivity index (χ3n) is 4.69. The lowest BCUT2D eigenvalue weighted by Crippen LogP contribution is -2.44. The number of hydroxylamine groups is 2. The zero-order valence-electron chi connectivity index (χ0n) is 25.8. The molecule has 7 N–H and O–H groups in total. The SMILES string of the molecule is C=C/C=C(C)\C(=C/C)NO.C=C/C=C(C)\C(=C/C)NO.CNC(=O)C(C)(C)OC(C)CC(C)C.CNC(=O)O. The first-order chi connectivity index (χ1) is 18.1. The van der Waals surface area contributed by atoms with Crippen molar-refractivity contribution < 1.29 is 29.8 Å². The molecule has 0 aromatic carbocycles. The normalized spacial score (nSPS) is 12.7. The summed E-state index contributed by atoms with van der Waals surface area (Å²) in [6, 6.07) is 0. The smallest absolute Gasteiger partial charge is 0.404 e. The minimum Gasteiger partial charge on any atom is -0.465 e. The highest BCUT2D eigenvalue weighted by Crippen LogP contribution is 2.17. The van der Waals surface area contributed by atoms with Crippen molar-refractivity contribution >= 4 is 12.0 Å². The van der Waals surface area contributed by atoms with Crippen LogP contribution in [0, 0.1) is 5.92 Å². The largest absolute Gasteiger partial charge is 0.465 e. The van der Waals surface area contributed by atoms with Gasteiger partial charge in [-0.2, -0.15) is 0 Å². The van der Waals surface area contributed by atoms with E-state index in [2.05, 4.69) is 43.3 Å². The molecule has 0 heterocycles. The topological polar surface area (TPSA) is 152 Å². The first-order valence-corrected chi connectivity index (χ1v) is 12.6. The van der Waals surface area contributed by atoms with Gasteiger partial charge >= 0.3 is 6.09 Å². The molecule has 1 atom stereocenters. The maximum absolute atomic E-state index is 11.4. The molecule has 0 bridgehead atoms. The molecule has 1 unspecified atom stereocenters. The van der Waals surface area contributed by atoms with Gasteiger partial charge in [0.15, 0.2) is 0 Å². The molecule has 2 amide bonds. The molecule has 0 aromatic rings. The van der Waals surface area contributed by atoms with Gasteiger partial charge in [0.1, 0.15) is 5.60 Å². The van der Waals surface area contributed by atoms with Gasteiger partial charge in [-0.1, -0.05) is 63.5 Å². The molecule has 0 rings (SSSR count). The van der Waals surface area contributed by atoms with Crippen LogP contribution in [0.3, 0.4) is 0 Å². The quantitative estimate of drug-likeness (QED) is 0.124. The summed E-state index contributed by atoms with van der Waals surface area (Å²) in [5.41, 5.74) is 6.76. The Kier molecular flexibility index (Phi) is 28.8. The number of ether oxygens (including phenoxy) is 1. The van der Waals surface area contributed by atoms with Crippen LogP contribution < -0.4 is 21.6 Å². The second-order valence-electron chi connectivity index (χ2n) is 9.00. The number of hydrogen-bond donors (Lipinski definition) is 7. The van der Waals surface area contributed by atoms with Gasteiger partial charge in [-0.05, 0) is 72.0 Å². The summed E-state index contributed by atoms with van der Waals surface area (Å²) in [7, 11) is 2.98. The van der Waals surface area contributed by atoms with Crippen molar-refractivity contribution in [3.63, 3.8) is 0 Å². The van der Waals surface area contributed by atoms with Crippen LogP contribution in [0.2, 0.25) is 0 Å². The summed E-state index contributed by atoms with van der Waals surface area (Å²) in [5, 5.41) is 29.2. The van der Waals surface area contributed by atoms with Crippen LogP contribution in [0.5, 0.6) is 0 Å². The number of hydrogen-bond acceptors (Lipinski definition) is 7. The van der Waals surface area contributed by atoms with Gasteiger partial charge < -0.3 is 20.5 Å². The zero-order chi connectivity index (χ0) is 31.6. The van der Waals surface area contributed by atoms with E-state index in [0.29, 0.717) is 17.3 Å². The summed E-state index contributed by atoms with van der Waals surface area (Å²) in [6.45, 7) is 24.4. The van der Waals surface area contributed by atoms with E-state index >= 15 is 0 Å². The number of carbonyl (C=O) groups is 2. The van der Waals surface area contributed by atoms with Gasteiger partial charge in [0.2, 0.25) is 0 Å². The van der Waals surface area contributed by atoms with Crippen molar-refractivity contribution in [1.29, 1.82) is 0 Å². The average molecular weight is 555 g/mol. The molecule has 39 heavy (non-hydrogen) atoms. The van der Waals surface area contributed by atoms with Crippen LogP contribution in [0.4, 0.5) is 4.79 Å². The third kappa shape index (κ3) is 26.1. The third-order valence-corrected chi connectivity index (χ3v) is 4.69. The number of carboxylic acid groups (broad SMARTS) is 1. The molecule has 10 heteroatoms. The Morgan fingerprint density at radius 1 is 0.872 bits per heavy atom. The Morgan fingerprint density at radius 2 is 1.23 bits per heavy atom. The van der Waals surface area contributed by atoms with Crippen LogP contribution >= 0.6 is 0 Å². The highest BCUT2D eigenvalue weighted by Gasteiger charge is 2.29. The number of likely N-dealkylation sites (N-methyl/N-ethyl adjacent to an activating group) is 1. The summed E-state index contributed by atoms with van der Waals surface area (Å²) in [5.74, 6) is 0.513. The number of rotatable bonds is 11. The van der Waals surface area contributed by atoms with Crippen molar-refractivity contribution in [3.05, 3.63) is 72.2 Å². The van der Waals surface area contributed by atoms with E-state index in [-0.39, 0.29) is 12.0 Å². The molecular weight excluding hydrogens is 500 g/mol. The monoisotopic (exact) mass is 554 g/mol. The molecule has 0 saturated carbocycles. The summed E-state index contributed by atoms with van der Waals surface area (Å²) < 4.78 is 5.69. The number of carbonyl (C=O) groups excluding carboxylic acids is 1. The molecule has 0 fully saturated rings. The second-order valence-corrected chi connectivity index (χ2v) is 9.00. The Morgan fingerprint density at radius 3 is 1.44 bits per heavy atom. The molecule has 0 spiro atoms. The van der Waals surface area contributed by atoms with Crippen molar-refractivity contribution in [3.8, 4) is 0 Å². The van der Waals surface area contributed by atoms with Crippen LogP contribution in [0.15, 0.2) is 72.2 Å². The Labute approximate surface area is 236 Å². The number of amides is 2. The van der Waals surface area contributed by atoms with E-state index in [1.54, 1.807) is 45.2 Å². The van der Waals surface area contributed by atoms with Crippen molar-refractivity contribution in [2.45, 2.75) is 80.4 Å². The zero-order valence-corrected chi connectivity index (χ0v) is 25.8. The molecule has 10 nitrogen and oxygen atoms in total. The molecular formula is C29H54N4O6. The van der Waals surface area contributed by atoms with E-state index in [1.807, 2.05) is 52.1 Å². The fourth-order valence-corrected chi connectivity index (χ4v) is 2.86. The minimum atomic E-state index is -0.995. The predicted molar refractivity (Wildman–Crippen MR) is 160 cm³/mol. The lowest BCUT2D eigenvalue weighted by atomic mass is 10.0. The van der Waals surface area contributed by atoms with Crippen LogP contribution in [0.1, 0.15) is 68.7 Å². The van der Waals surface area contributed by atoms with Crippen LogP contribution in [-0.4, -0.2) is 53.3 Å².